The zero-order valence-electron chi connectivity index (χ0n) is 20.9. The van der Waals surface area contributed by atoms with Gasteiger partial charge in [-0.3, -0.25) is 18.9 Å². The number of imidazole rings is 2. The molecular formula is C19H22FN9O7P2S3. The topological polar surface area (TPSA) is 200 Å². The quantitative estimate of drug-likeness (QED) is 0.169. The number of nitrogens with zero attached hydrogens (tertiary/aromatic N) is 7. The van der Waals surface area contributed by atoms with Crippen molar-refractivity contribution in [2.45, 2.75) is 44.2 Å². The monoisotopic (exact) mass is 665 g/mol. The van der Waals surface area contributed by atoms with Gasteiger partial charge in [0.2, 0.25) is 11.6 Å². The van der Waals surface area contributed by atoms with E-state index in [-0.39, 0.29) is 36.9 Å². The van der Waals surface area contributed by atoms with E-state index in [1.807, 2.05) is 6.92 Å². The van der Waals surface area contributed by atoms with Crippen molar-refractivity contribution < 1.29 is 32.1 Å². The van der Waals surface area contributed by atoms with E-state index in [1.165, 1.54) is 23.4 Å². The number of alkyl halides is 1. The molecule has 0 aromatic carbocycles. The van der Waals surface area contributed by atoms with Gasteiger partial charge in [0.1, 0.15) is 36.5 Å². The molecule has 1 fully saturated rings. The lowest BCUT2D eigenvalue weighted by molar-refractivity contribution is -0.0446. The largest absolute Gasteiger partial charge is 0.369 e. The van der Waals surface area contributed by atoms with Crippen LogP contribution in [0.25, 0.3) is 22.3 Å². The summed E-state index contributed by atoms with van der Waals surface area (Å²) in [5, 5.41) is 0. The highest BCUT2D eigenvalue weighted by Crippen LogP contribution is 2.55. The molecule has 0 spiro atoms. The molecule has 7 atom stereocenters. The molecule has 0 radical (unpaired) electrons. The Morgan fingerprint density at radius 3 is 2.80 bits per heavy atom. The van der Waals surface area contributed by atoms with E-state index >= 15 is 4.39 Å². The molecule has 22 heteroatoms. The number of hydrogen-bond acceptors (Lipinski definition) is 14. The van der Waals surface area contributed by atoms with E-state index in [0.717, 1.165) is 0 Å². The predicted molar refractivity (Wildman–Crippen MR) is 153 cm³/mol. The molecule has 4 N–H and O–H groups in total. The van der Waals surface area contributed by atoms with E-state index in [0.29, 0.717) is 17.0 Å². The Hall–Kier alpha value is -1.96. The Balaban J connectivity index is 1.39. The first-order valence-corrected chi connectivity index (χ1v) is 18.3. The molecule has 1 saturated heterocycles. The fraction of sp³-hybridized carbons (Fsp3) is 0.474. The summed E-state index contributed by atoms with van der Waals surface area (Å²) in [6.07, 6.45) is -1.97. The Kier molecular flexibility index (Phi) is 7.78. The zero-order chi connectivity index (χ0) is 29.1. The van der Waals surface area contributed by atoms with Crippen molar-refractivity contribution >= 4 is 76.6 Å². The molecular weight excluding hydrogens is 643 g/mol. The highest BCUT2D eigenvalue weighted by atomic mass is 32.9. The summed E-state index contributed by atoms with van der Waals surface area (Å²) >= 11 is 15.1. The zero-order valence-corrected chi connectivity index (χ0v) is 25.2. The first kappa shape index (κ1) is 29.1. The molecule has 2 bridgehead atoms. The molecule has 4 aromatic rings. The summed E-state index contributed by atoms with van der Waals surface area (Å²) in [7, 11) is 0. The van der Waals surface area contributed by atoms with Crippen molar-refractivity contribution in [2.75, 3.05) is 18.9 Å². The van der Waals surface area contributed by atoms with Crippen LogP contribution in [-0.2, 0) is 53.1 Å². The third kappa shape index (κ3) is 5.71. The minimum absolute atomic E-state index is 0.00774. The van der Waals surface area contributed by atoms with Crippen LogP contribution in [0.1, 0.15) is 25.0 Å². The fourth-order valence-corrected chi connectivity index (χ4v) is 7.46. The second-order valence-electron chi connectivity index (χ2n) is 9.14. The number of H-pyrrole nitrogens is 1. The molecule has 6 rings (SSSR count). The highest BCUT2D eigenvalue weighted by molar-refractivity contribution is 8.60. The van der Waals surface area contributed by atoms with Crippen molar-refractivity contribution in [3.63, 3.8) is 0 Å². The van der Waals surface area contributed by atoms with Crippen LogP contribution in [0.5, 0.6) is 0 Å². The van der Waals surface area contributed by atoms with Gasteiger partial charge < -0.3 is 33.5 Å². The lowest BCUT2D eigenvalue weighted by atomic mass is 10.1. The van der Waals surface area contributed by atoms with Crippen molar-refractivity contribution in [1.82, 2.24) is 39.0 Å². The predicted octanol–water partition coefficient (Wildman–Crippen LogP) is 1.66. The number of anilines is 1. The molecule has 0 aliphatic carbocycles. The summed E-state index contributed by atoms with van der Waals surface area (Å²) in [6.45, 7) is -2.98. The first-order valence-electron chi connectivity index (χ1n) is 11.9. The van der Waals surface area contributed by atoms with Gasteiger partial charge in [0.25, 0.3) is 5.56 Å². The van der Waals surface area contributed by atoms with Crippen LogP contribution in [0.4, 0.5) is 10.3 Å². The van der Waals surface area contributed by atoms with Gasteiger partial charge in [0.05, 0.1) is 31.8 Å². The average Bonchev–Trinajstić information content (AvgIpc) is 3.58. The second kappa shape index (κ2) is 10.9. The number of fused-ring (bicyclic) bond motifs is 6. The number of rotatable bonds is 1. The molecule has 0 amide bonds. The van der Waals surface area contributed by atoms with Gasteiger partial charge in [-0.2, -0.15) is 4.98 Å². The number of nitrogen functional groups attached to an aromatic ring is 1. The van der Waals surface area contributed by atoms with Gasteiger partial charge in [0, 0.05) is 0 Å². The van der Waals surface area contributed by atoms with E-state index < -0.39 is 48.6 Å². The Morgan fingerprint density at radius 1 is 1.22 bits per heavy atom. The van der Waals surface area contributed by atoms with Crippen LogP contribution in [0, 0.1) is 0 Å². The van der Waals surface area contributed by atoms with Gasteiger partial charge in [-0.05, 0) is 30.5 Å². The van der Waals surface area contributed by atoms with Gasteiger partial charge in [0.15, 0.2) is 29.2 Å². The second-order valence-corrected chi connectivity index (χ2v) is 17.2. The van der Waals surface area contributed by atoms with Gasteiger partial charge >= 0.3 is 6.72 Å². The number of halogens is 1. The van der Waals surface area contributed by atoms with Crippen LogP contribution in [0.2, 0.25) is 0 Å². The molecule has 4 aromatic heterocycles. The highest BCUT2D eigenvalue weighted by Gasteiger charge is 2.50. The Labute approximate surface area is 245 Å². The van der Waals surface area contributed by atoms with Crippen molar-refractivity contribution in [3.8, 4) is 0 Å². The molecule has 16 nitrogen and oxygen atoms in total. The molecule has 2 aliphatic heterocycles. The smallest absolute Gasteiger partial charge is 0.325 e. The summed E-state index contributed by atoms with van der Waals surface area (Å²) in [6, 6.07) is -0.391. The average molecular weight is 666 g/mol. The fourth-order valence-electron chi connectivity index (χ4n) is 4.56. The number of thiol groups is 1. The number of aromatic nitrogens is 8. The summed E-state index contributed by atoms with van der Waals surface area (Å²) in [4.78, 5) is 46.6. The van der Waals surface area contributed by atoms with Crippen LogP contribution in [-0.4, -0.2) is 75.5 Å². The third-order valence-corrected chi connectivity index (χ3v) is 10.2. The van der Waals surface area contributed by atoms with E-state index in [4.69, 9.17) is 52.2 Å². The number of nitrogens with one attached hydrogen (secondary N) is 1. The summed E-state index contributed by atoms with van der Waals surface area (Å²) in [5.41, 5.74) is 2.75. The van der Waals surface area contributed by atoms with Crippen molar-refractivity contribution in [2.24, 2.45) is 0 Å². The standard InChI is InChI=1S/C19H22FN9O7P2S3/c1-8-3-33-38(40,41)34-4-10-12(20)14(18(35-10)28-7-24-13-16(28)26-19(21)27-17(13)30)36-37(31,39)32-5-11-25-9-2-22-6-23-15(9)29(8)11/h2,6-8,10,12,14,18H,3-5H2,1H3,(H,31,39)(H,40,41)(H3,21,26,27,30)/t8-,10+,12+,14+,18+,37?/m0/s1. The van der Waals surface area contributed by atoms with Crippen LogP contribution >= 0.6 is 24.7 Å². The molecule has 41 heavy (non-hydrogen) atoms. The number of hydrogen-bond donors (Lipinski definition) is 4. The number of nitrogens with two attached hydrogens (primary N) is 1. The maximum absolute atomic E-state index is 15.9. The third-order valence-electron chi connectivity index (χ3n) is 6.35. The SMILES string of the molecule is C[C@H]1COP(=S)(S)OC[C@H]2O[C@@H](n3cnc4c(=O)[nH]c(N)nc43)[C@H](OP(O)(=S)OCc3nc4cncnc4n31)[C@@H]2F. The first-order chi connectivity index (χ1) is 19.4. The van der Waals surface area contributed by atoms with Crippen LogP contribution in [0.15, 0.2) is 23.6 Å². The van der Waals surface area contributed by atoms with Gasteiger partial charge in [-0.1, -0.05) is 12.2 Å². The maximum atomic E-state index is 15.9. The minimum atomic E-state index is -4.14. The molecule has 220 valence electrons. The number of ether oxygens (including phenoxy) is 1. The summed E-state index contributed by atoms with van der Waals surface area (Å²) < 4.78 is 47.7. The van der Waals surface area contributed by atoms with Crippen LogP contribution in [0.3, 0.4) is 0 Å². The molecule has 2 unspecified atom stereocenters. The molecule has 6 heterocycles. The van der Waals surface area contributed by atoms with Gasteiger partial charge in [-0.25, -0.2) is 24.3 Å². The van der Waals surface area contributed by atoms with E-state index in [9.17, 15) is 9.69 Å². The van der Waals surface area contributed by atoms with E-state index in [1.54, 1.807) is 4.57 Å². The molecule has 2 aliphatic rings. The number of aromatic amines is 1. The van der Waals surface area contributed by atoms with Crippen molar-refractivity contribution in [3.05, 3.63) is 35.0 Å². The van der Waals surface area contributed by atoms with Crippen molar-refractivity contribution in [1.29, 1.82) is 0 Å². The van der Waals surface area contributed by atoms with Gasteiger partial charge in [-0.15, -0.1) is 0 Å². The normalized spacial score (nSPS) is 33.4. The lowest BCUT2D eigenvalue weighted by Gasteiger charge is -2.25. The molecule has 0 saturated carbocycles. The Morgan fingerprint density at radius 2 is 2.00 bits per heavy atom. The lowest BCUT2D eigenvalue weighted by Crippen LogP contribution is -2.32. The maximum Gasteiger partial charge on any atom is 0.325 e. The Bertz CT molecular complexity index is 1790. The van der Waals surface area contributed by atoms with Crippen LogP contribution < -0.4 is 11.3 Å². The minimum Gasteiger partial charge on any atom is -0.369 e. The summed E-state index contributed by atoms with van der Waals surface area (Å²) in [5.74, 6) is 0.122. The van der Waals surface area contributed by atoms with E-state index in [2.05, 4.69) is 42.2 Å².